The minimum atomic E-state index is -0.356. The summed E-state index contributed by atoms with van der Waals surface area (Å²) in [7, 11) is 0. The number of morpholine rings is 1. The number of nitrogens with zero attached hydrogens (tertiary/aromatic N) is 2. The molecule has 2 rings (SSSR count). The van der Waals surface area contributed by atoms with Gasteiger partial charge >= 0.3 is 0 Å². The SMILES string of the molecule is N#CC1CN(c2cccc(Cl)c2CBr)CCO1. The number of ether oxygens (including phenoxy) is 1. The first kappa shape index (κ1) is 12.7. The van der Waals surface area contributed by atoms with E-state index >= 15 is 0 Å². The summed E-state index contributed by atoms with van der Waals surface area (Å²) in [5, 5.41) is 10.4. The molecule has 0 amide bonds. The highest BCUT2D eigenvalue weighted by molar-refractivity contribution is 9.08. The van der Waals surface area contributed by atoms with E-state index in [-0.39, 0.29) is 6.10 Å². The number of halogens is 2. The van der Waals surface area contributed by atoms with Gasteiger partial charge in [-0.15, -0.1) is 0 Å². The second-order valence-electron chi connectivity index (χ2n) is 3.81. The second kappa shape index (κ2) is 5.72. The van der Waals surface area contributed by atoms with Crippen LogP contribution < -0.4 is 4.90 Å². The van der Waals surface area contributed by atoms with Crippen molar-refractivity contribution in [1.29, 1.82) is 5.26 Å². The molecule has 1 atom stereocenters. The quantitative estimate of drug-likeness (QED) is 0.787. The van der Waals surface area contributed by atoms with Crippen molar-refractivity contribution in [2.24, 2.45) is 0 Å². The Labute approximate surface area is 114 Å². The van der Waals surface area contributed by atoms with Crippen LogP contribution in [-0.2, 0) is 10.1 Å². The average Bonchev–Trinajstić information content (AvgIpc) is 2.38. The molecule has 1 aliphatic rings. The van der Waals surface area contributed by atoms with Crippen molar-refractivity contribution in [2.45, 2.75) is 11.4 Å². The lowest BCUT2D eigenvalue weighted by Gasteiger charge is -2.33. The predicted molar refractivity (Wildman–Crippen MR) is 71.6 cm³/mol. The van der Waals surface area contributed by atoms with Crippen molar-refractivity contribution in [2.75, 3.05) is 24.6 Å². The van der Waals surface area contributed by atoms with Crippen LogP contribution in [0.2, 0.25) is 5.02 Å². The maximum atomic E-state index is 8.90. The van der Waals surface area contributed by atoms with Crippen LogP contribution in [-0.4, -0.2) is 25.8 Å². The molecule has 1 unspecified atom stereocenters. The van der Waals surface area contributed by atoms with Gasteiger partial charge in [0.15, 0.2) is 6.10 Å². The first-order chi connectivity index (χ1) is 8.26. The summed E-state index contributed by atoms with van der Waals surface area (Å²) in [5.41, 5.74) is 2.14. The fraction of sp³-hybridized carbons (Fsp3) is 0.417. The van der Waals surface area contributed by atoms with Gasteiger partial charge in [0.05, 0.1) is 19.2 Å². The zero-order valence-corrected chi connectivity index (χ0v) is 11.5. The number of rotatable bonds is 2. The van der Waals surface area contributed by atoms with Crippen molar-refractivity contribution < 1.29 is 4.74 Å². The molecule has 1 fully saturated rings. The number of benzene rings is 1. The third kappa shape index (κ3) is 2.74. The van der Waals surface area contributed by atoms with E-state index in [1.165, 1.54) is 0 Å². The number of hydrogen-bond acceptors (Lipinski definition) is 3. The minimum Gasteiger partial charge on any atom is -0.365 e. The zero-order valence-electron chi connectivity index (χ0n) is 9.20. The van der Waals surface area contributed by atoms with Crippen molar-refractivity contribution in [1.82, 2.24) is 0 Å². The summed E-state index contributed by atoms with van der Waals surface area (Å²) in [6, 6.07) is 7.99. The topological polar surface area (TPSA) is 36.3 Å². The highest BCUT2D eigenvalue weighted by Crippen LogP contribution is 2.30. The summed E-state index contributed by atoms with van der Waals surface area (Å²) in [4.78, 5) is 2.15. The predicted octanol–water partition coefficient (Wildman–Crippen LogP) is 2.96. The minimum absolute atomic E-state index is 0.356. The maximum Gasteiger partial charge on any atom is 0.161 e. The molecule has 0 aliphatic carbocycles. The smallest absolute Gasteiger partial charge is 0.161 e. The molecule has 1 aromatic rings. The molecule has 0 bridgehead atoms. The Morgan fingerprint density at radius 2 is 2.41 bits per heavy atom. The van der Waals surface area contributed by atoms with Crippen LogP contribution in [0.5, 0.6) is 0 Å². The molecule has 1 heterocycles. The Bertz CT molecular complexity index is 447. The summed E-state index contributed by atoms with van der Waals surface area (Å²) in [5.74, 6) is 0. The zero-order chi connectivity index (χ0) is 12.3. The highest BCUT2D eigenvalue weighted by Gasteiger charge is 2.22. The molecule has 17 heavy (non-hydrogen) atoms. The van der Waals surface area contributed by atoms with E-state index in [4.69, 9.17) is 21.6 Å². The monoisotopic (exact) mass is 314 g/mol. The van der Waals surface area contributed by atoms with Crippen molar-refractivity contribution in [3.63, 3.8) is 0 Å². The molecule has 0 aromatic heterocycles. The third-order valence-corrected chi connectivity index (χ3v) is 3.69. The summed E-state index contributed by atoms with van der Waals surface area (Å²) in [6.45, 7) is 1.96. The fourth-order valence-corrected chi connectivity index (χ4v) is 2.91. The van der Waals surface area contributed by atoms with Gasteiger partial charge in [0.1, 0.15) is 0 Å². The molecular formula is C12H12BrClN2O. The molecule has 0 spiro atoms. The Morgan fingerprint density at radius 1 is 1.59 bits per heavy atom. The van der Waals surface area contributed by atoms with Gasteiger partial charge in [-0.2, -0.15) is 5.26 Å². The van der Waals surface area contributed by atoms with Crippen LogP contribution >= 0.6 is 27.5 Å². The molecule has 0 N–H and O–H groups in total. The third-order valence-electron chi connectivity index (χ3n) is 2.78. The van der Waals surface area contributed by atoms with Crippen molar-refractivity contribution in [3.05, 3.63) is 28.8 Å². The Kier molecular flexibility index (Phi) is 4.27. The lowest BCUT2D eigenvalue weighted by atomic mass is 10.1. The van der Waals surface area contributed by atoms with Crippen LogP contribution in [0.1, 0.15) is 5.56 Å². The number of hydrogen-bond donors (Lipinski definition) is 0. The summed E-state index contributed by atoms with van der Waals surface area (Å²) in [6.07, 6.45) is -0.356. The maximum absolute atomic E-state index is 8.90. The van der Waals surface area contributed by atoms with Crippen LogP contribution in [0.3, 0.4) is 0 Å². The van der Waals surface area contributed by atoms with Crippen LogP contribution in [0.25, 0.3) is 0 Å². The molecule has 1 saturated heterocycles. The van der Waals surface area contributed by atoms with Gasteiger partial charge in [0, 0.05) is 28.1 Å². The van der Waals surface area contributed by atoms with Gasteiger partial charge in [-0.3, -0.25) is 0 Å². The van der Waals surface area contributed by atoms with E-state index in [2.05, 4.69) is 26.9 Å². The molecule has 1 aromatic carbocycles. The summed E-state index contributed by atoms with van der Waals surface area (Å²) < 4.78 is 5.34. The largest absolute Gasteiger partial charge is 0.365 e. The first-order valence-electron chi connectivity index (χ1n) is 5.35. The highest BCUT2D eigenvalue weighted by atomic mass is 79.9. The molecular weight excluding hydrogens is 304 g/mol. The van der Waals surface area contributed by atoms with Crippen LogP contribution in [0.4, 0.5) is 5.69 Å². The van der Waals surface area contributed by atoms with Gasteiger partial charge in [-0.1, -0.05) is 33.6 Å². The van der Waals surface area contributed by atoms with E-state index in [9.17, 15) is 0 Å². The van der Waals surface area contributed by atoms with Gasteiger partial charge in [0.25, 0.3) is 0 Å². The van der Waals surface area contributed by atoms with Crippen molar-refractivity contribution in [3.8, 4) is 6.07 Å². The first-order valence-corrected chi connectivity index (χ1v) is 6.85. The molecule has 0 radical (unpaired) electrons. The van der Waals surface area contributed by atoms with Gasteiger partial charge < -0.3 is 9.64 Å². The Morgan fingerprint density at radius 3 is 3.12 bits per heavy atom. The number of nitriles is 1. The van der Waals surface area contributed by atoms with E-state index < -0.39 is 0 Å². The van der Waals surface area contributed by atoms with Crippen LogP contribution in [0.15, 0.2) is 18.2 Å². The lowest BCUT2D eigenvalue weighted by Crippen LogP contribution is -2.42. The Hall–Kier alpha value is -0.760. The van der Waals surface area contributed by atoms with Crippen LogP contribution in [0, 0.1) is 11.3 Å². The van der Waals surface area contributed by atoms with Gasteiger partial charge in [0.2, 0.25) is 0 Å². The molecule has 90 valence electrons. The molecule has 1 aliphatic heterocycles. The van der Waals surface area contributed by atoms with Gasteiger partial charge in [-0.25, -0.2) is 0 Å². The molecule has 3 nitrogen and oxygen atoms in total. The fourth-order valence-electron chi connectivity index (χ4n) is 1.92. The second-order valence-corrected chi connectivity index (χ2v) is 4.77. The van der Waals surface area contributed by atoms with Crippen molar-refractivity contribution >= 4 is 33.2 Å². The number of alkyl halides is 1. The molecule has 5 heteroatoms. The van der Waals surface area contributed by atoms with E-state index in [1.807, 2.05) is 18.2 Å². The van der Waals surface area contributed by atoms with E-state index in [0.717, 1.165) is 22.8 Å². The van der Waals surface area contributed by atoms with E-state index in [1.54, 1.807) is 0 Å². The lowest BCUT2D eigenvalue weighted by molar-refractivity contribution is 0.0764. The number of anilines is 1. The summed E-state index contributed by atoms with van der Waals surface area (Å²) >= 11 is 9.62. The van der Waals surface area contributed by atoms with E-state index in [0.29, 0.717) is 18.5 Å². The molecule has 0 saturated carbocycles. The standard InChI is InChI=1S/C12H12BrClN2O/c13-6-10-11(14)2-1-3-12(10)16-4-5-17-9(7-15)8-16/h1-3,9H,4-6,8H2. The normalized spacial score (nSPS) is 20.1. The average molecular weight is 316 g/mol. The van der Waals surface area contributed by atoms with Gasteiger partial charge in [-0.05, 0) is 12.1 Å². The Balaban J connectivity index is 2.28.